The van der Waals surface area contributed by atoms with Crippen LogP contribution in [0.4, 0.5) is 0 Å². The molecule has 4 aliphatic carbocycles. The number of hydrogen-bond acceptors (Lipinski definition) is 4. The first-order valence-corrected chi connectivity index (χ1v) is 15.0. The summed E-state index contributed by atoms with van der Waals surface area (Å²) in [5.74, 6) is 5.57. The van der Waals surface area contributed by atoms with Gasteiger partial charge in [-0.2, -0.15) is 0 Å². The molecule has 0 saturated heterocycles. The average Bonchev–Trinajstić information content (AvgIpc) is 3.20. The maximum absolute atomic E-state index is 11.1. The van der Waals surface area contributed by atoms with Gasteiger partial charge in [0.15, 0.2) is 0 Å². The molecule has 4 heteroatoms. The summed E-state index contributed by atoms with van der Waals surface area (Å²) < 4.78 is 16.7. The van der Waals surface area contributed by atoms with Crippen LogP contribution in [0.5, 0.6) is 0 Å². The first kappa shape index (κ1) is 27.4. The van der Waals surface area contributed by atoms with Gasteiger partial charge in [-0.15, -0.1) is 0 Å². The molecule has 0 aromatic rings. The van der Waals surface area contributed by atoms with Crippen molar-refractivity contribution in [3.63, 3.8) is 0 Å². The zero-order chi connectivity index (χ0) is 25.1. The van der Waals surface area contributed by atoms with E-state index in [9.17, 15) is 4.79 Å². The molecule has 0 bridgehead atoms. The highest BCUT2D eigenvalue weighted by molar-refractivity contribution is 5.65. The van der Waals surface area contributed by atoms with Crippen LogP contribution in [-0.2, 0) is 19.0 Å². The topological polar surface area (TPSA) is 44.8 Å². The fraction of sp³-hybridized carbons (Fsp3) is 0.968. The Bertz CT molecular complexity index is 693. The highest BCUT2D eigenvalue weighted by Gasteiger charge is 2.61. The largest absolute Gasteiger partial charge is 0.466 e. The third kappa shape index (κ3) is 5.64. The maximum atomic E-state index is 11.1. The van der Waals surface area contributed by atoms with Crippen LogP contribution in [0.2, 0.25) is 0 Å². The van der Waals surface area contributed by atoms with Crippen LogP contribution >= 0.6 is 0 Å². The van der Waals surface area contributed by atoms with Gasteiger partial charge in [0.1, 0.15) is 6.79 Å². The van der Waals surface area contributed by atoms with Crippen LogP contribution in [0, 0.1) is 52.3 Å². The molecule has 2 unspecified atom stereocenters. The van der Waals surface area contributed by atoms with Crippen molar-refractivity contribution in [1.29, 1.82) is 0 Å². The molecule has 9 atom stereocenters. The smallest absolute Gasteiger partial charge is 0.302 e. The van der Waals surface area contributed by atoms with E-state index in [0.29, 0.717) is 30.1 Å². The Kier molecular flexibility index (Phi) is 9.28. The van der Waals surface area contributed by atoms with E-state index in [4.69, 9.17) is 14.2 Å². The molecule has 0 N–H and O–H groups in total. The Labute approximate surface area is 215 Å². The van der Waals surface area contributed by atoms with Crippen molar-refractivity contribution in [3.8, 4) is 0 Å². The number of rotatable bonds is 11. The maximum Gasteiger partial charge on any atom is 0.302 e. The van der Waals surface area contributed by atoms with Crippen LogP contribution in [0.25, 0.3) is 0 Å². The number of esters is 1. The predicted octanol–water partition coefficient (Wildman–Crippen LogP) is 7.64. The van der Waals surface area contributed by atoms with E-state index in [1.807, 2.05) is 0 Å². The van der Waals surface area contributed by atoms with Crippen LogP contribution in [0.1, 0.15) is 111 Å². The summed E-state index contributed by atoms with van der Waals surface area (Å²) in [7, 11) is 1.76. The average molecular weight is 491 g/mol. The number of hydrogen-bond donors (Lipinski definition) is 0. The Morgan fingerprint density at radius 2 is 1.80 bits per heavy atom. The van der Waals surface area contributed by atoms with Gasteiger partial charge in [0.2, 0.25) is 0 Å². The van der Waals surface area contributed by atoms with Crippen LogP contribution in [-0.4, -0.2) is 33.1 Å². The van der Waals surface area contributed by atoms with Gasteiger partial charge >= 0.3 is 5.97 Å². The number of methoxy groups -OCH3 is 1. The van der Waals surface area contributed by atoms with Crippen molar-refractivity contribution in [2.75, 3.05) is 27.1 Å². The summed E-state index contributed by atoms with van der Waals surface area (Å²) in [6.45, 7) is 10.9. The lowest BCUT2D eigenvalue weighted by Crippen LogP contribution is -2.56. The molecule has 0 aliphatic heterocycles. The van der Waals surface area contributed by atoms with Gasteiger partial charge < -0.3 is 14.2 Å². The normalized spacial score (nSPS) is 40.3. The summed E-state index contributed by atoms with van der Waals surface area (Å²) in [6, 6.07) is 0. The van der Waals surface area contributed by atoms with E-state index in [2.05, 4.69) is 20.8 Å². The van der Waals surface area contributed by atoms with E-state index in [1.54, 1.807) is 7.11 Å². The molecule has 0 aromatic heterocycles. The Morgan fingerprint density at radius 1 is 0.971 bits per heavy atom. The summed E-state index contributed by atoms with van der Waals surface area (Å²) in [5, 5.41) is 0. The molecule has 4 nitrogen and oxygen atoms in total. The second kappa shape index (κ2) is 11.8. The van der Waals surface area contributed by atoms with Gasteiger partial charge in [-0.25, -0.2) is 0 Å². The minimum atomic E-state index is -0.153. The molecule has 4 fully saturated rings. The standard InChI is InChI=1S/C31H54O4/c1-22(19-35-24(3)32)9-8-10-23(2)27-14-15-28-26-13-12-25-11-6-7-17-31(25,20-34-21-33-5)29(26)16-18-30(27,28)4/h22-23,25-29H,6-21H2,1-5H3/t22?,23-,25?,26+,27-,28+,29+,30-,31-/m1/s1. The Balaban J connectivity index is 1.38. The summed E-state index contributed by atoms with van der Waals surface area (Å²) in [4.78, 5) is 11.1. The minimum Gasteiger partial charge on any atom is -0.466 e. The van der Waals surface area contributed by atoms with Crippen molar-refractivity contribution in [2.45, 2.75) is 111 Å². The van der Waals surface area contributed by atoms with Crippen LogP contribution in [0.3, 0.4) is 0 Å². The zero-order valence-electron chi connectivity index (χ0n) is 23.5. The Hall–Kier alpha value is -0.610. The van der Waals surface area contributed by atoms with Crippen LogP contribution < -0.4 is 0 Å². The van der Waals surface area contributed by atoms with Gasteiger partial charge in [-0.05, 0) is 110 Å². The molecule has 0 radical (unpaired) electrons. The zero-order valence-corrected chi connectivity index (χ0v) is 23.5. The number of fused-ring (bicyclic) bond motifs is 5. The monoisotopic (exact) mass is 490 g/mol. The molecule has 0 heterocycles. The molecular weight excluding hydrogens is 436 g/mol. The lowest BCUT2D eigenvalue weighted by molar-refractivity contribution is -0.168. The number of carbonyl (C=O) groups excluding carboxylic acids is 1. The van der Waals surface area contributed by atoms with E-state index in [-0.39, 0.29) is 5.97 Å². The van der Waals surface area contributed by atoms with Gasteiger partial charge in [0.25, 0.3) is 0 Å². The Morgan fingerprint density at radius 3 is 2.57 bits per heavy atom. The molecule has 0 aromatic carbocycles. The number of carbonyl (C=O) groups is 1. The summed E-state index contributed by atoms with van der Waals surface area (Å²) >= 11 is 0. The summed E-state index contributed by atoms with van der Waals surface area (Å²) in [6.07, 6.45) is 18.0. The molecule has 0 amide bonds. The number of ether oxygens (including phenoxy) is 3. The van der Waals surface area contributed by atoms with Crippen molar-refractivity contribution in [3.05, 3.63) is 0 Å². The molecule has 35 heavy (non-hydrogen) atoms. The predicted molar refractivity (Wildman–Crippen MR) is 141 cm³/mol. The fourth-order valence-electron chi connectivity index (χ4n) is 9.97. The highest BCUT2D eigenvalue weighted by atomic mass is 16.7. The van der Waals surface area contributed by atoms with Gasteiger partial charge in [-0.1, -0.05) is 46.5 Å². The molecule has 4 saturated carbocycles. The lowest BCUT2D eigenvalue weighted by atomic mass is 9.44. The van der Waals surface area contributed by atoms with Crippen molar-refractivity contribution < 1.29 is 19.0 Å². The third-order valence-corrected chi connectivity index (χ3v) is 11.5. The first-order valence-electron chi connectivity index (χ1n) is 15.0. The second-order valence-corrected chi connectivity index (χ2v) is 13.4. The molecule has 202 valence electrons. The SMILES string of the molecule is COCOC[C@]12CCCCC1CC[C@@H]1[C@@H]2CC[C@]2(C)[C@@H]([C@H](C)CCCC(C)COC(C)=O)CC[C@@H]12. The van der Waals surface area contributed by atoms with E-state index >= 15 is 0 Å². The van der Waals surface area contributed by atoms with E-state index in [1.165, 1.54) is 90.4 Å². The van der Waals surface area contributed by atoms with Crippen molar-refractivity contribution >= 4 is 5.97 Å². The molecule has 0 spiro atoms. The first-order chi connectivity index (χ1) is 16.8. The fourth-order valence-corrected chi connectivity index (χ4v) is 9.97. The lowest BCUT2D eigenvalue weighted by Gasteiger charge is -2.61. The highest BCUT2D eigenvalue weighted by Crippen LogP contribution is 2.68. The van der Waals surface area contributed by atoms with E-state index in [0.717, 1.165) is 42.1 Å². The third-order valence-electron chi connectivity index (χ3n) is 11.5. The quantitative estimate of drug-likeness (QED) is 0.170. The van der Waals surface area contributed by atoms with Crippen molar-refractivity contribution in [2.24, 2.45) is 52.3 Å². The summed E-state index contributed by atoms with van der Waals surface area (Å²) in [5.41, 5.74) is 0.947. The second-order valence-electron chi connectivity index (χ2n) is 13.4. The molecule has 4 aliphatic rings. The van der Waals surface area contributed by atoms with E-state index < -0.39 is 0 Å². The molecular formula is C31H54O4. The minimum absolute atomic E-state index is 0.153. The van der Waals surface area contributed by atoms with Crippen molar-refractivity contribution in [1.82, 2.24) is 0 Å². The molecule has 4 rings (SSSR count). The van der Waals surface area contributed by atoms with Crippen LogP contribution in [0.15, 0.2) is 0 Å². The van der Waals surface area contributed by atoms with Gasteiger partial charge in [-0.3, -0.25) is 4.79 Å². The van der Waals surface area contributed by atoms with Gasteiger partial charge in [0.05, 0.1) is 13.2 Å². The van der Waals surface area contributed by atoms with Gasteiger partial charge in [0, 0.05) is 14.0 Å².